The SMILES string of the molecule is NC[C@@H](O)c1ccc(OCc2ccccc2)c(OCc2ccccc2)c1F. The molecule has 4 nitrogen and oxygen atoms in total. The number of ether oxygens (including phenoxy) is 2. The van der Waals surface area contributed by atoms with Crippen molar-refractivity contribution in [2.75, 3.05) is 6.54 Å². The lowest BCUT2D eigenvalue weighted by Crippen LogP contribution is -2.14. The summed E-state index contributed by atoms with van der Waals surface area (Å²) in [5.41, 5.74) is 7.42. The quantitative estimate of drug-likeness (QED) is 0.632. The summed E-state index contributed by atoms with van der Waals surface area (Å²) in [4.78, 5) is 0. The monoisotopic (exact) mass is 367 g/mol. The summed E-state index contributed by atoms with van der Waals surface area (Å²) in [6.45, 7) is 0.377. The fraction of sp³-hybridized carbons (Fsp3) is 0.182. The predicted octanol–water partition coefficient (Wildman–Crippen LogP) is 3.98. The average molecular weight is 367 g/mol. The first-order chi connectivity index (χ1) is 13.2. The van der Waals surface area contributed by atoms with Gasteiger partial charge in [0, 0.05) is 12.1 Å². The molecule has 0 aliphatic carbocycles. The van der Waals surface area contributed by atoms with E-state index in [0.29, 0.717) is 0 Å². The molecular formula is C22H22FNO3. The van der Waals surface area contributed by atoms with Crippen molar-refractivity contribution in [1.29, 1.82) is 0 Å². The molecule has 3 aromatic rings. The van der Waals surface area contributed by atoms with Gasteiger partial charge in [0.25, 0.3) is 0 Å². The van der Waals surface area contributed by atoms with Crippen molar-refractivity contribution in [3.8, 4) is 11.5 Å². The van der Waals surface area contributed by atoms with Crippen LogP contribution in [0.25, 0.3) is 0 Å². The van der Waals surface area contributed by atoms with E-state index in [9.17, 15) is 9.50 Å². The number of benzene rings is 3. The zero-order valence-corrected chi connectivity index (χ0v) is 14.8. The first kappa shape index (κ1) is 18.9. The second-order valence-corrected chi connectivity index (χ2v) is 6.10. The summed E-state index contributed by atoms with van der Waals surface area (Å²) in [5, 5.41) is 9.96. The Morgan fingerprint density at radius 2 is 1.37 bits per heavy atom. The summed E-state index contributed by atoms with van der Waals surface area (Å²) in [7, 11) is 0. The highest BCUT2D eigenvalue weighted by Crippen LogP contribution is 2.35. The Kier molecular flexibility index (Phi) is 6.41. The van der Waals surface area contributed by atoms with Crippen LogP contribution < -0.4 is 15.2 Å². The maximum Gasteiger partial charge on any atom is 0.197 e. The number of rotatable bonds is 8. The van der Waals surface area contributed by atoms with Gasteiger partial charge in [-0.15, -0.1) is 0 Å². The lowest BCUT2D eigenvalue weighted by molar-refractivity contribution is 0.178. The topological polar surface area (TPSA) is 64.7 Å². The van der Waals surface area contributed by atoms with E-state index >= 15 is 0 Å². The van der Waals surface area contributed by atoms with Gasteiger partial charge in [0.15, 0.2) is 17.3 Å². The van der Waals surface area contributed by atoms with Crippen molar-refractivity contribution >= 4 is 0 Å². The Hall–Kier alpha value is -2.89. The fourth-order valence-corrected chi connectivity index (χ4v) is 2.65. The van der Waals surface area contributed by atoms with Crippen molar-refractivity contribution in [3.63, 3.8) is 0 Å². The number of nitrogens with two attached hydrogens (primary N) is 1. The largest absolute Gasteiger partial charge is 0.485 e. The summed E-state index contributed by atoms with van der Waals surface area (Å²) in [5.74, 6) is -0.408. The molecule has 0 saturated carbocycles. The Morgan fingerprint density at radius 3 is 1.93 bits per heavy atom. The van der Waals surface area contributed by atoms with Crippen LogP contribution in [0.1, 0.15) is 22.8 Å². The maximum absolute atomic E-state index is 15.0. The van der Waals surface area contributed by atoms with E-state index in [-0.39, 0.29) is 36.8 Å². The number of hydrogen-bond acceptors (Lipinski definition) is 4. The van der Waals surface area contributed by atoms with Crippen LogP contribution in [0.5, 0.6) is 11.5 Å². The van der Waals surface area contributed by atoms with Gasteiger partial charge in [0.05, 0.1) is 6.10 Å². The van der Waals surface area contributed by atoms with E-state index in [1.54, 1.807) is 6.07 Å². The summed E-state index contributed by atoms with van der Waals surface area (Å²) < 4.78 is 26.5. The normalized spacial score (nSPS) is 11.8. The van der Waals surface area contributed by atoms with Gasteiger partial charge >= 0.3 is 0 Å². The van der Waals surface area contributed by atoms with Crippen LogP contribution in [-0.4, -0.2) is 11.7 Å². The third-order valence-electron chi connectivity index (χ3n) is 4.14. The standard InChI is InChI=1S/C22H22FNO3/c23-21-18(19(25)13-24)11-12-20(26-14-16-7-3-1-4-8-16)22(21)27-15-17-9-5-2-6-10-17/h1-12,19,25H,13-15,24H2/t19-/m1/s1. The first-order valence-corrected chi connectivity index (χ1v) is 8.73. The number of aliphatic hydroxyl groups excluding tert-OH is 1. The molecule has 0 spiro atoms. The fourth-order valence-electron chi connectivity index (χ4n) is 2.65. The van der Waals surface area contributed by atoms with Gasteiger partial charge < -0.3 is 20.3 Å². The Morgan fingerprint density at radius 1 is 0.815 bits per heavy atom. The minimum absolute atomic E-state index is 0.0280. The molecule has 0 unspecified atom stereocenters. The van der Waals surface area contributed by atoms with E-state index in [2.05, 4.69) is 0 Å². The highest BCUT2D eigenvalue weighted by molar-refractivity contribution is 5.45. The minimum Gasteiger partial charge on any atom is -0.485 e. The number of halogens is 1. The lowest BCUT2D eigenvalue weighted by atomic mass is 10.1. The smallest absolute Gasteiger partial charge is 0.197 e. The van der Waals surface area contributed by atoms with Crippen LogP contribution in [0.3, 0.4) is 0 Å². The average Bonchev–Trinajstić information content (AvgIpc) is 2.72. The molecular weight excluding hydrogens is 345 g/mol. The van der Waals surface area contributed by atoms with Gasteiger partial charge in [-0.25, -0.2) is 4.39 Å². The highest BCUT2D eigenvalue weighted by Gasteiger charge is 2.20. The molecule has 3 N–H and O–H groups in total. The zero-order chi connectivity index (χ0) is 19.1. The summed E-state index contributed by atoms with van der Waals surface area (Å²) in [6.07, 6.45) is -1.10. The van der Waals surface area contributed by atoms with E-state index in [1.807, 2.05) is 60.7 Å². The lowest BCUT2D eigenvalue weighted by Gasteiger charge is -2.17. The third-order valence-corrected chi connectivity index (χ3v) is 4.14. The molecule has 0 heterocycles. The van der Waals surface area contributed by atoms with Crippen molar-refractivity contribution in [2.24, 2.45) is 5.73 Å². The van der Waals surface area contributed by atoms with Gasteiger partial charge in [0.1, 0.15) is 13.2 Å². The second-order valence-electron chi connectivity index (χ2n) is 6.10. The molecule has 5 heteroatoms. The van der Waals surface area contributed by atoms with Crippen LogP contribution in [0.2, 0.25) is 0 Å². The molecule has 0 fully saturated rings. The van der Waals surface area contributed by atoms with Crippen LogP contribution in [0.4, 0.5) is 4.39 Å². The number of aliphatic hydroxyl groups is 1. The molecule has 0 bridgehead atoms. The number of hydrogen-bond donors (Lipinski definition) is 2. The van der Waals surface area contributed by atoms with Crippen LogP contribution >= 0.6 is 0 Å². The Bertz CT molecular complexity index is 856. The van der Waals surface area contributed by atoms with Crippen molar-refractivity contribution in [2.45, 2.75) is 19.3 Å². The van der Waals surface area contributed by atoms with Gasteiger partial charge in [-0.3, -0.25) is 0 Å². The van der Waals surface area contributed by atoms with Gasteiger partial charge in [-0.05, 0) is 23.3 Å². The Labute approximate surface area is 158 Å². The third kappa shape index (κ3) is 4.84. The molecule has 1 atom stereocenters. The van der Waals surface area contributed by atoms with Gasteiger partial charge in [-0.2, -0.15) is 0 Å². The zero-order valence-electron chi connectivity index (χ0n) is 14.8. The van der Waals surface area contributed by atoms with Gasteiger partial charge in [0.2, 0.25) is 0 Å². The van der Waals surface area contributed by atoms with E-state index in [1.165, 1.54) is 6.07 Å². The summed E-state index contributed by atoms with van der Waals surface area (Å²) in [6, 6.07) is 22.1. The van der Waals surface area contributed by atoms with Crippen molar-refractivity contribution in [1.82, 2.24) is 0 Å². The summed E-state index contributed by atoms with van der Waals surface area (Å²) >= 11 is 0. The molecule has 0 aliphatic rings. The van der Waals surface area contributed by atoms with E-state index in [0.717, 1.165) is 11.1 Å². The van der Waals surface area contributed by atoms with Crippen LogP contribution in [0.15, 0.2) is 72.8 Å². The van der Waals surface area contributed by atoms with Crippen molar-refractivity contribution < 1.29 is 19.0 Å². The molecule has 0 amide bonds. The van der Waals surface area contributed by atoms with Crippen molar-refractivity contribution in [3.05, 3.63) is 95.3 Å². The van der Waals surface area contributed by atoms with E-state index in [4.69, 9.17) is 15.2 Å². The van der Waals surface area contributed by atoms with E-state index < -0.39 is 11.9 Å². The van der Waals surface area contributed by atoms with Gasteiger partial charge in [-0.1, -0.05) is 60.7 Å². The molecule has 0 saturated heterocycles. The minimum atomic E-state index is -1.10. The van der Waals surface area contributed by atoms with Crippen LogP contribution in [-0.2, 0) is 13.2 Å². The highest BCUT2D eigenvalue weighted by atomic mass is 19.1. The molecule has 0 radical (unpaired) electrons. The molecule has 3 aromatic carbocycles. The predicted molar refractivity (Wildman–Crippen MR) is 102 cm³/mol. The van der Waals surface area contributed by atoms with Crippen LogP contribution in [0, 0.1) is 5.82 Å². The molecule has 27 heavy (non-hydrogen) atoms. The second kappa shape index (κ2) is 9.16. The maximum atomic E-state index is 15.0. The first-order valence-electron chi connectivity index (χ1n) is 8.73. The molecule has 0 aromatic heterocycles. The molecule has 0 aliphatic heterocycles. The molecule has 140 valence electrons. The Balaban J connectivity index is 1.85. The molecule has 3 rings (SSSR count).